The summed E-state index contributed by atoms with van der Waals surface area (Å²) in [6.45, 7) is 4.11. The molecule has 0 aliphatic heterocycles. The number of rotatable bonds is 10. The Bertz CT molecular complexity index is 884. The molecule has 0 aliphatic carbocycles. The van der Waals surface area contributed by atoms with E-state index in [9.17, 15) is 4.57 Å². The summed E-state index contributed by atoms with van der Waals surface area (Å²) < 4.78 is 24.1. The van der Waals surface area contributed by atoms with Crippen molar-refractivity contribution in [1.82, 2.24) is 4.78 Å². The van der Waals surface area contributed by atoms with Crippen LogP contribution in [0.4, 0.5) is 0 Å². The standard InChI is InChI=1S/C19H26N2O5P2S/c1-4-15(2)25-18-9-5-16(6-10-18)13-20-21(3)27(29)26-19-11-7-17(8-12-19)14-28(22,23)24/h5-13,15,27H,4,14H2,1-3H3,(H2,22,23,24)/b20-13+/t15-/m1/s1. The summed E-state index contributed by atoms with van der Waals surface area (Å²) in [7, 11) is -4.16. The van der Waals surface area contributed by atoms with Crippen molar-refractivity contribution in [3.8, 4) is 11.5 Å². The smallest absolute Gasteiger partial charge is 0.329 e. The van der Waals surface area contributed by atoms with Crippen LogP contribution in [0.3, 0.4) is 0 Å². The fourth-order valence-electron chi connectivity index (χ4n) is 2.22. The Labute approximate surface area is 177 Å². The van der Waals surface area contributed by atoms with Crippen LogP contribution in [0.25, 0.3) is 0 Å². The molecule has 158 valence electrons. The molecule has 0 saturated carbocycles. The number of hydrogen-bond donors (Lipinski definition) is 2. The molecule has 0 aliphatic rings. The summed E-state index contributed by atoms with van der Waals surface area (Å²) in [5, 5.41) is 4.34. The second-order valence-electron chi connectivity index (χ2n) is 6.51. The molecule has 2 atom stereocenters. The molecule has 0 aromatic heterocycles. The van der Waals surface area contributed by atoms with Crippen LogP contribution >= 0.6 is 14.7 Å². The van der Waals surface area contributed by atoms with Crippen LogP contribution in [-0.2, 0) is 22.5 Å². The predicted octanol–water partition coefficient (Wildman–Crippen LogP) is 4.39. The van der Waals surface area contributed by atoms with Gasteiger partial charge in [0.25, 0.3) is 0 Å². The molecule has 10 heteroatoms. The quantitative estimate of drug-likeness (QED) is 0.311. The van der Waals surface area contributed by atoms with Gasteiger partial charge in [0.15, 0.2) is 0 Å². The highest BCUT2D eigenvalue weighted by Crippen LogP contribution is 2.39. The molecule has 1 unspecified atom stereocenters. The zero-order valence-electron chi connectivity index (χ0n) is 16.6. The molecule has 0 spiro atoms. The molecule has 7 nitrogen and oxygen atoms in total. The van der Waals surface area contributed by atoms with Crippen LogP contribution in [0.15, 0.2) is 53.6 Å². The van der Waals surface area contributed by atoms with E-state index in [1.165, 1.54) is 0 Å². The molecular weight excluding hydrogens is 430 g/mol. The molecule has 0 heterocycles. The third-order valence-electron chi connectivity index (χ3n) is 3.95. The number of ether oxygens (including phenoxy) is 1. The molecule has 0 fully saturated rings. The minimum Gasteiger partial charge on any atom is -0.491 e. The highest BCUT2D eigenvalue weighted by Gasteiger charge is 2.13. The van der Waals surface area contributed by atoms with Gasteiger partial charge < -0.3 is 19.0 Å². The van der Waals surface area contributed by atoms with Gasteiger partial charge in [-0.2, -0.15) is 5.10 Å². The molecule has 0 radical (unpaired) electrons. The molecule has 0 saturated heterocycles. The Kier molecular flexibility index (Phi) is 8.87. The van der Waals surface area contributed by atoms with Crippen molar-refractivity contribution in [2.45, 2.75) is 32.5 Å². The Morgan fingerprint density at radius 1 is 1.17 bits per heavy atom. The first-order chi connectivity index (χ1) is 13.7. The molecule has 2 rings (SSSR count). The van der Waals surface area contributed by atoms with Crippen LogP contribution in [-0.4, -0.2) is 33.9 Å². The minimum atomic E-state index is -4.09. The lowest BCUT2D eigenvalue weighted by atomic mass is 10.2. The zero-order chi connectivity index (χ0) is 21.4. The lowest BCUT2D eigenvalue weighted by Crippen LogP contribution is -2.09. The van der Waals surface area contributed by atoms with Crippen molar-refractivity contribution in [3.63, 3.8) is 0 Å². The minimum absolute atomic E-state index is 0.175. The van der Waals surface area contributed by atoms with Gasteiger partial charge in [0, 0.05) is 7.05 Å². The maximum Gasteiger partial charge on any atom is 0.329 e. The number of nitrogens with zero attached hydrogens (tertiary/aromatic N) is 2. The van der Waals surface area contributed by atoms with Crippen LogP contribution in [0, 0.1) is 0 Å². The number of benzene rings is 2. The third kappa shape index (κ3) is 8.69. The average Bonchev–Trinajstić information content (AvgIpc) is 2.67. The predicted molar refractivity (Wildman–Crippen MR) is 121 cm³/mol. The average molecular weight is 456 g/mol. The van der Waals surface area contributed by atoms with Gasteiger partial charge in [-0.05, 0) is 72.7 Å². The van der Waals surface area contributed by atoms with Gasteiger partial charge in [0.1, 0.15) is 11.5 Å². The van der Waals surface area contributed by atoms with E-state index >= 15 is 0 Å². The normalized spacial score (nSPS) is 13.8. The van der Waals surface area contributed by atoms with E-state index in [1.807, 2.05) is 31.2 Å². The first kappa shape index (κ1) is 23.6. The van der Waals surface area contributed by atoms with Crippen LogP contribution < -0.4 is 9.26 Å². The largest absolute Gasteiger partial charge is 0.491 e. The van der Waals surface area contributed by atoms with E-state index in [2.05, 4.69) is 12.0 Å². The lowest BCUT2D eigenvalue weighted by molar-refractivity contribution is 0.217. The molecule has 0 amide bonds. The summed E-state index contributed by atoms with van der Waals surface area (Å²) in [6, 6.07) is 14.2. The van der Waals surface area contributed by atoms with Crippen molar-refractivity contribution in [2.24, 2.45) is 5.10 Å². The first-order valence-corrected chi connectivity index (χ1v) is 13.3. The van der Waals surface area contributed by atoms with E-state index in [4.69, 9.17) is 30.9 Å². The van der Waals surface area contributed by atoms with E-state index in [1.54, 1.807) is 42.3 Å². The molecule has 2 aromatic rings. The fourth-order valence-corrected chi connectivity index (χ4v) is 3.95. The summed E-state index contributed by atoms with van der Waals surface area (Å²) in [5.74, 6) is 1.36. The van der Waals surface area contributed by atoms with Gasteiger partial charge >= 0.3 is 7.60 Å². The van der Waals surface area contributed by atoms with Gasteiger partial charge in [0.05, 0.1) is 18.5 Å². The topological polar surface area (TPSA) is 91.6 Å². The van der Waals surface area contributed by atoms with E-state index in [0.717, 1.165) is 17.7 Å². The summed E-state index contributed by atoms with van der Waals surface area (Å²) >= 11 is 5.41. The van der Waals surface area contributed by atoms with Crippen molar-refractivity contribution in [3.05, 3.63) is 59.7 Å². The number of hydrazone groups is 1. The lowest BCUT2D eigenvalue weighted by Gasteiger charge is -2.17. The van der Waals surface area contributed by atoms with Crippen LogP contribution in [0.5, 0.6) is 11.5 Å². The van der Waals surface area contributed by atoms with Crippen molar-refractivity contribution in [1.29, 1.82) is 0 Å². The van der Waals surface area contributed by atoms with E-state index in [-0.39, 0.29) is 12.3 Å². The SMILES string of the molecule is CC[C@@H](C)Oc1ccc(/C=N/N(C)[PH](=S)Oc2ccc(CP(=O)(O)O)cc2)cc1. The van der Waals surface area contributed by atoms with Gasteiger partial charge in [0.2, 0.25) is 7.07 Å². The van der Waals surface area contributed by atoms with E-state index in [0.29, 0.717) is 11.3 Å². The zero-order valence-corrected chi connectivity index (χ0v) is 19.3. The molecule has 0 bridgehead atoms. The molecule has 2 N–H and O–H groups in total. The number of hydrogen-bond acceptors (Lipinski definition) is 5. The molecular formula is C19H26N2O5P2S. The summed E-state index contributed by atoms with van der Waals surface area (Å²) in [5.41, 5.74) is 1.45. The Hall–Kier alpha value is -1.69. The maximum atomic E-state index is 11.0. The Morgan fingerprint density at radius 2 is 1.76 bits per heavy atom. The van der Waals surface area contributed by atoms with Gasteiger partial charge in [-0.15, -0.1) is 0 Å². The fraction of sp³-hybridized carbons (Fsp3) is 0.316. The first-order valence-electron chi connectivity index (χ1n) is 9.06. The Morgan fingerprint density at radius 3 is 2.31 bits per heavy atom. The molecule has 2 aromatic carbocycles. The highest BCUT2D eigenvalue weighted by molar-refractivity contribution is 8.02. The highest BCUT2D eigenvalue weighted by atomic mass is 32.4. The monoisotopic (exact) mass is 456 g/mol. The van der Waals surface area contributed by atoms with Crippen molar-refractivity contribution >= 4 is 32.7 Å². The second kappa shape index (κ2) is 10.9. The summed E-state index contributed by atoms with van der Waals surface area (Å²) in [4.78, 5) is 18.0. The van der Waals surface area contributed by atoms with Crippen molar-refractivity contribution < 1.29 is 23.6 Å². The van der Waals surface area contributed by atoms with Crippen LogP contribution in [0.1, 0.15) is 31.4 Å². The van der Waals surface area contributed by atoms with Gasteiger partial charge in [-0.1, -0.05) is 19.1 Å². The summed E-state index contributed by atoms with van der Waals surface area (Å²) in [6.07, 6.45) is 2.53. The van der Waals surface area contributed by atoms with Gasteiger partial charge in [-0.3, -0.25) is 4.57 Å². The van der Waals surface area contributed by atoms with E-state index < -0.39 is 14.7 Å². The third-order valence-corrected chi connectivity index (χ3v) is 6.83. The maximum absolute atomic E-state index is 11.0. The molecule has 29 heavy (non-hydrogen) atoms. The van der Waals surface area contributed by atoms with Crippen molar-refractivity contribution in [2.75, 3.05) is 7.05 Å². The second-order valence-corrected chi connectivity index (χ2v) is 10.6. The van der Waals surface area contributed by atoms with Gasteiger partial charge in [-0.25, -0.2) is 4.78 Å². The Balaban J connectivity index is 1.90. The van der Waals surface area contributed by atoms with Crippen LogP contribution in [0.2, 0.25) is 0 Å².